The summed E-state index contributed by atoms with van der Waals surface area (Å²) in [6.45, 7) is 2.79. The van der Waals surface area contributed by atoms with E-state index in [1.165, 1.54) is 11.1 Å². The Morgan fingerprint density at radius 3 is 3.26 bits per heavy atom. The molecule has 2 aromatic rings. The van der Waals surface area contributed by atoms with Crippen molar-refractivity contribution in [1.82, 2.24) is 15.1 Å². The Bertz CT molecular complexity index is 509. The van der Waals surface area contributed by atoms with Gasteiger partial charge in [0.1, 0.15) is 0 Å². The van der Waals surface area contributed by atoms with Crippen molar-refractivity contribution < 1.29 is 4.74 Å². The normalized spacial score (nSPS) is 23.0. The van der Waals surface area contributed by atoms with Crippen LogP contribution in [-0.2, 0) is 18.3 Å². The van der Waals surface area contributed by atoms with E-state index >= 15 is 0 Å². The Kier molecular flexibility index (Phi) is 3.96. The monoisotopic (exact) mass is 277 g/mol. The van der Waals surface area contributed by atoms with Gasteiger partial charge in [0, 0.05) is 44.4 Å². The molecule has 2 aromatic heterocycles. The van der Waals surface area contributed by atoms with E-state index in [9.17, 15) is 0 Å². The number of rotatable bonds is 5. The molecule has 5 heteroatoms. The number of thiophene rings is 1. The molecule has 1 aliphatic rings. The van der Waals surface area contributed by atoms with E-state index in [0.717, 1.165) is 26.1 Å². The summed E-state index contributed by atoms with van der Waals surface area (Å²) in [5, 5.41) is 12.1. The zero-order chi connectivity index (χ0) is 13.1. The average molecular weight is 277 g/mol. The minimum atomic E-state index is 0.198. The van der Waals surface area contributed by atoms with Gasteiger partial charge in [-0.3, -0.25) is 4.68 Å². The van der Waals surface area contributed by atoms with Crippen molar-refractivity contribution in [3.8, 4) is 0 Å². The Morgan fingerprint density at radius 2 is 2.53 bits per heavy atom. The number of ether oxygens (including phenoxy) is 1. The number of hydrogen-bond donors (Lipinski definition) is 1. The predicted octanol–water partition coefficient (Wildman–Crippen LogP) is 2.35. The molecule has 1 N–H and O–H groups in total. The lowest BCUT2D eigenvalue weighted by Crippen LogP contribution is -2.24. The van der Waals surface area contributed by atoms with Crippen molar-refractivity contribution in [3.63, 3.8) is 0 Å². The molecule has 2 atom stereocenters. The van der Waals surface area contributed by atoms with Gasteiger partial charge >= 0.3 is 0 Å². The fourth-order valence-electron chi connectivity index (χ4n) is 2.59. The molecule has 102 valence electrons. The van der Waals surface area contributed by atoms with Gasteiger partial charge < -0.3 is 10.1 Å². The van der Waals surface area contributed by atoms with Gasteiger partial charge in [-0.2, -0.15) is 16.4 Å². The summed E-state index contributed by atoms with van der Waals surface area (Å²) in [5.41, 5.74) is 2.56. The Hall–Kier alpha value is -1.17. The highest BCUT2D eigenvalue weighted by atomic mass is 32.1. The fourth-order valence-corrected chi connectivity index (χ4v) is 3.26. The lowest BCUT2D eigenvalue weighted by Gasteiger charge is -2.17. The number of aromatic nitrogens is 2. The Morgan fingerprint density at radius 1 is 1.58 bits per heavy atom. The molecule has 19 heavy (non-hydrogen) atoms. The van der Waals surface area contributed by atoms with Crippen molar-refractivity contribution in [3.05, 3.63) is 40.3 Å². The minimum absolute atomic E-state index is 0.198. The van der Waals surface area contributed by atoms with E-state index in [4.69, 9.17) is 4.74 Å². The van der Waals surface area contributed by atoms with Crippen molar-refractivity contribution in [1.29, 1.82) is 0 Å². The summed E-state index contributed by atoms with van der Waals surface area (Å²) in [4.78, 5) is 0. The van der Waals surface area contributed by atoms with Crippen molar-refractivity contribution >= 4 is 11.3 Å². The molecule has 3 heterocycles. The third-order valence-electron chi connectivity index (χ3n) is 3.58. The van der Waals surface area contributed by atoms with Gasteiger partial charge in [-0.25, -0.2) is 0 Å². The zero-order valence-corrected chi connectivity index (χ0v) is 11.9. The molecule has 1 saturated heterocycles. The molecule has 0 amide bonds. The lowest BCUT2D eigenvalue weighted by molar-refractivity contribution is 0.0904. The number of nitrogens with zero attached hydrogens (tertiary/aromatic N) is 2. The number of aryl methyl sites for hydroxylation is 1. The summed E-state index contributed by atoms with van der Waals surface area (Å²) in [7, 11) is 1.95. The summed E-state index contributed by atoms with van der Waals surface area (Å²) < 4.78 is 7.70. The van der Waals surface area contributed by atoms with Crippen LogP contribution in [0.1, 0.15) is 23.7 Å². The van der Waals surface area contributed by atoms with Gasteiger partial charge in [0.15, 0.2) is 0 Å². The molecule has 3 rings (SSSR count). The van der Waals surface area contributed by atoms with Gasteiger partial charge in [0.25, 0.3) is 0 Å². The van der Waals surface area contributed by atoms with E-state index in [0.29, 0.717) is 5.92 Å². The second-order valence-electron chi connectivity index (χ2n) is 5.05. The number of hydrogen-bond acceptors (Lipinski definition) is 4. The standard InChI is InChI=1S/C14H19N3OS/c1-17-9-13(8-16-17)14-12(2-4-18-14)7-15-6-11-3-5-19-10-11/h3,5,8-10,12,14-15H,2,4,6-7H2,1H3. The van der Waals surface area contributed by atoms with Gasteiger partial charge in [-0.05, 0) is 28.8 Å². The van der Waals surface area contributed by atoms with Crippen LogP contribution in [0.3, 0.4) is 0 Å². The first kappa shape index (κ1) is 12.8. The predicted molar refractivity (Wildman–Crippen MR) is 76.0 cm³/mol. The maximum absolute atomic E-state index is 5.86. The minimum Gasteiger partial charge on any atom is -0.373 e. The molecule has 1 fully saturated rings. The highest BCUT2D eigenvalue weighted by Crippen LogP contribution is 2.33. The summed E-state index contributed by atoms with van der Waals surface area (Å²) in [5.74, 6) is 0.544. The molecule has 4 nitrogen and oxygen atoms in total. The molecule has 0 saturated carbocycles. The van der Waals surface area contributed by atoms with Crippen LogP contribution in [0.25, 0.3) is 0 Å². The topological polar surface area (TPSA) is 39.1 Å². The molecule has 0 spiro atoms. The maximum atomic E-state index is 5.86. The summed E-state index contributed by atoms with van der Waals surface area (Å²) in [6.07, 6.45) is 5.29. The second-order valence-corrected chi connectivity index (χ2v) is 5.83. The van der Waals surface area contributed by atoms with Crippen LogP contribution in [0.15, 0.2) is 29.2 Å². The smallest absolute Gasteiger partial charge is 0.0896 e. The molecular formula is C14H19N3OS. The first-order valence-corrected chi connectivity index (χ1v) is 7.59. The third-order valence-corrected chi connectivity index (χ3v) is 4.32. The van der Waals surface area contributed by atoms with Crippen LogP contribution < -0.4 is 5.32 Å². The van der Waals surface area contributed by atoms with E-state index in [1.54, 1.807) is 11.3 Å². The molecule has 0 radical (unpaired) electrons. The number of nitrogens with one attached hydrogen (secondary N) is 1. The van der Waals surface area contributed by atoms with Crippen LogP contribution >= 0.6 is 11.3 Å². The van der Waals surface area contributed by atoms with Gasteiger partial charge in [-0.1, -0.05) is 0 Å². The van der Waals surface area contributed by atoms with Crippen LogP contribution in [0.4, 0.5) is 0 Å². The first-order chi connectivity index (χ1) is 9.33. The largest absolute Gasteiger partial charge is 0.373 e. The molecule has 0 aromatic carbocycles. The SMILES string of the molecule is Cn1cc(C2OCCC2CNCc2ccsc2)cn1. The van der Waals surface area contributed by atoms with Gasteiger partial charge in [-0.15, -0.1) is 0 Å². The highest BCUT2D eigenvalue weighted by molar-refractivity contribution is 7.07. The second kappa shape index (κ2) is 5.86. The van der Waals surface area contributed by atoms with Crippen LogP contribution in [-0.4, -0.2) is 22.9 Å². The van der Waals surface area contributed by atoms with Crippen LogP contribution in [0.5, 0.6) is 0 Å². The summed E-state index contributed by atoms with van der Waals surface area (Å²) >= 11 is 1.75. The van der Waals surface area contributed by atoms with Gasteiger partial charge in [0.2, 0.25) is 0 Å². The van der Waals surface area contributed by atoms with Gasteiger partial charge in [0.05, 0.1) is 12.3 Å². The third kappa shape index (κ3) is 3.05. The van der Waals surface area contributed by atoms with Crippen molar-refractivity contribution in [2.45, 2.75) is 19.1 Å². The van der Waals surface area contributed by atoms with Crippen LogP contribution in [0, 0.1) is 5.92 Å². The highest BCUT2D eigenvalue weighted by Gasteiger charge is 2.30. The molecular weight excluding hydrogens is 258 g/mol. The zero-order valence-electron chi connectivity index (χ0n) is 11.1. The summed E-state index contributed by atoms with van der Waals surface area (Å²) in [6, 6.07) is 2.17. The maximum Gasteiger partial charge on any atom is 0.0896 e. The lowest BCUT2D eigenvalue weighted by atomic mass is 9.97. The van der Waals surface area contributed by atoms with E-state index in [1.807, 2.05) is 17.9 Å². The quantitative estimate of drug-likeness (QED) is 0.912. The average Bonchev–Trinajstić information content (AvgIpc) is 3.10. The fraction of sp³-hybridized carbons (Fsp3) is 0.500. The molecule has 2 unspecified atom stereocenters. The van der Waals surface area contributed by atoms with E-state index < -0.39 is 0 Å². The van der Waals surface area contributed by atoms with Crippen LogP contribution in [0.2, 0.25) is 0 Å². The molecule has 1 aliphatic heterocycles. The van der Waals surface area contributed by atoms with Crippen molar-refractivity contribution in [2.24, 2.45) is 13.0 Å². The Labute approximate surface area is 117 Å². The molecule has 0 aliphatic carbocycles. The molecule has 0 bridgehead atoms. The van der Waals surface area contributed by atoms with Crippen molar-refractivity contribution in [2.75, 3.05) is 13.2 Å². The first-order valence-electron chi connectivity index (χ1n) is 6.65. The van der Waals surface area contributed by atoms with E-state index in [2.05, 4.69) is 33.4 Å². The van der Waals surface area contributed by atoms with E-state index in [-0.39, 0.29) is 6.10 Å². The Balaban J connectivity index is 1.55.